The van der Waals surface area contributed by atoms with Crippen molar-refractivity contribution in [2.75, 3.05) is 31.1 Å². The molecule has 0 bridgehead atoms. The lowest BCUT2D eigenvalue weighted by molar-refractivity contribution is 0.0214. The van der Waals surface area contributed by atoms with Gasteiger partial charge < -0.3 is 14.7 Å². The minimum atomic E-state index is -3.68. The summed E-state index contributed by atoms with van der Waals surface area (Å²) in [5.74, 6) is 1.50. The lowest BCUT2D eigenvalue weighted by Crippen LogP contribution is -2.51. The molecule has 1 aliphatic heterocycles. The number of nitrogens with zero attached hydrogens (tertiary/aromatic N) is 5. The number of sulfonamides is 1. The highest BCUT2D eigenvalue weighted by Gasteiger charge is 2.34. The molecule has 4 aromatic heterocycles. The second kappa shape index (κ2) is 9.95. The summed E-state index contributed by atoms with van der Waals surface area (Å²) in [5, 5.41) is 23.6. The summed E-state index contributed by atoms with van der Waals surface area (Å²) in [6.45, 7) is 3.55. The van der Waals surface area contributed by atoms with E-state index in [-0.39, 0.29) is 11.4 Å². The number of aromatic nitrogens is 5. The van der Waals surface area contributed by atoms with Crippen LogP contribution in [0.25, 0.3) is 27.7 Å². The van der Waals surface area contributed by atoms with E-state index in [4.69, 9.17) is 9.72 Å². The Hall–Kier alpha value is -4.00. The quantitative estimate of drug-likeness (QED) is 0.270. The smallest absolute Gasteiger partial charge is 0.240 e. The Bertz CT molecular complexity index is 1710. The van der Waals surface area contributed by atoms with Gasteiger partial charge in [0.05, 0.1) is 40.4 Å². The number of aliphatic hydroxyl groups is 1. The van der Waals surface area contributed by atoms with Gasteiger partial charge in [0, 0.05) is 37.0 Å². The zero-order chi connectivity index (χ0) is 27.0. The van der Waals surface area contributed by atoms with Crippen LogP contribution in [-0.4, -0.2) is 70.2 Å². The second-order valence-electron chi connectivity index (χ2n) is 9.70. The van der Waals surface area contributed by atoms with Crippen LogP contribution in [-0.2, 0) is 10.0 Å². The van der Waals surface area contributed by atoms with Crippen molar-refractivity contribution in [3.05, 3.63) is 67.1 Å². The summed E-state index contributed by atoms with van der Waals surface area (Å²) in [6.07, 6.45) is 6.27. The van der Waals surface area contributed by atoms with Crippen LogP contribution in [0.1, 0.15) is 19.8 Å². The van der Waals surface area contributed by atoms with Crippen LogP contribution in [0.3, 0.4) is 0 Å². The molecule has 5 heterocycles. The number of hydrogen-bond acceptors (Lipinski definition) is 8. The number of piperidine rings is 1. The van der Waals surface area contributed by atoms with Crippen molar-refractivity contribution in [3.8, 4) is 16.9 Å². The van der Waals surface area contributed by atoms with E-state index in [1.54, 1.807) is 28.9 Å². The lowest BCUT2D eigenvalue weighted by Gasteiger charge is -2.38. The number of benzene rings is 1. The molecule has 1 saturated heterocycles. The minimum Gasteiger partial charge on any atom is -0.492 e. The third-order valence-electron chi connectivity index (χ3n) is 7.14. The molecule has 202 valence electrons. The van der Waals surface area contributed by atoms with Gasteiger partial charge in [-0.05, 0) is 50.1 Å². The summed E-state index contributed by atoms with van der Waals surface area (Å²) in [5.41, 5.74) is 2.33. The summed E-state index contributed by atoms with van der Waals surface area (Å²) in [6, 6.07) is 14.1. The SMILES string of the molecule is CCOc1cc(-c2ccc(N3CCC(O)(CNS(=O)(=O)c4ccccc4)CC3)nc2)c2c3cn[nH]c3nn2c1. The Morgan fingerprint density at radius 3 is 2.64 bits per heavy atom. The Morgan fingerprint density at radius 2 is 1.92 bits per heavy atom. The Labute approximate surface area is 225 Å². The molecule has 0 aliphatic carbocycles. The first-order valence-corrected chi connectivity index (χ1v) is 14.3. The topological polar surface area (TPSA) is 138 Å². The molecule has 1 fully saturated rings. The predicted molar refractivity (Wildman–Crippen MR) is 147 cm³/mol. The molecule has 0 amide bonds. The minimum absolute atomic E-state index is 0.0373. The summed E-state index contributed by atoms with van der Waals surface area (Å²) in [4.78, 5) is 7.01. The normalized spacial score (nSPS) is 15.7. The Kier molecular flexibility index (Phi) is 6.45. The van der Waals surface area contributed by atoms with Crippen LogP contribution in [0.2, 0.25) is 0 Å². The van der Waals surface area contributed by atoms with Crippen molar-refractivity contribution < 1.29 is 18.3 Å². The maximum atomic E-state index is 12.6. The molecule has 0 radical (unpaired) electrons. The van der Waals surface area contributed by atoms with Gasteiger partial charge in [-0.25, -0.2) is 22.6 Å². The number of hydrogen-bond donors (Lipinski definition) is 3. The fraction of sp³-hybridized carbons (Fsp3) is 0.296. The average molecular weight is 548 g/mol. The molecular formula is C27H29N7O4S. The van der Waals surface area contributed by atoms with E-state index in [0.717, 1.165) is 27.8 Å². The second-order valence-corrected chi connectivity index (χ2v) is 11.5. The van der Waals surface area contributed by atoms with Crippen molar-refractivity contribution in [2.45, 2.75) is 30.3 Å². The largest absolute Gasteiger partial charge is 0.492 e. The van der Waals surface area contributed by atoms with Crippen molar-refractivity contribution in [3.63, 3.8) is 0 Å². The van der Waals surface area contributed by atoms with E-state index in [1.807, 2.05) is 37.5 Å². The first kappa shape index (κ1) is 25.3. The summed E-state index contributed by atoms with van der Waals surface area (Å²) < 4.78 is 35.3. The lowest BCUT2D eigenvalue weighted by atomic mass is 9.91. The Morgan fingerprint density at radius 1 is 1.13 bits per heavy atom. The number of aromatic amines is 1. The molecule has 6 rings (SSSR count). The van der Waals surface area contributed by atoms with Crippen molar-refractivity contribution in [2.24, 2.45) is 0 Å². The number of rotatable bonds is 8. The monoisotopic (exact) mass is 547 g/mol. The molecule has 39 heavy (non-hydrogen) atoms. The van der Waals surface area contributed by atoms with Gasteiger partial charge in [0.15, 0.2) is 5.65 Å². The molecule has 12 heteroatoms. The van der Waals surface area contributed by atoms with Crippen molar-refractivity contribution in [1.82, 2.24) is 29.5 Å². The first-order chi connectivity index (χ1) is 18.9. The van der Waals surface area contributed by atoms with Crippen LogP contribution >= 0.6 is 0 Å². The van der Waals surface area contributed by atoms with Gasteiger partial charge in [0.2, 0.25) is 10.0 Å². The van der Waals surface area contributed by atoms with E-state index in [9.17, 15) is 13.5 Å². The number of nitrogens with one attached hydrogen (secondary N) is 2. The fourth-order valence-electron chi connectivity index (χ4n) is 4.98. The number of fused-ring (bicyclic) bond motifs is 3. The molecule has 11 nitrogen and oxygen atoms in total. The summed E-state index contributed by atoms with van der Waals surface area (Å²) >= 11 is 0. The molecule has 1 aromatic carbocycles. The summed E-state index contributed by atoms with van der Waals surface area (Å²) in [7, 11) is -3.68. The van der Waals surface area contributed by atoms with Crippen LogP contribution in [0.5, 0.6) is 5.75 Å². The number of H-pyrrole nitrogens is 1. The van der Waals surface area contributed by atoms with Crippen molar-refractivity contribution in [1.29, 1.82) is 0 Å². The molecule has 0 unspecified atom stereocenters. The molecule has 0 saturated carbocycles. The van der Waals surface area contributed by atoms with Gasteiger partial charge >= 0.3 is 0 Å². The van der Waals surface area contributed by atoms with Gasteiger partial charge in [0.1, 0.15) is 11.6 Å². The number of ether oxygens (including phenoxy) is 1. The zero-order valence-corrected chi connectivity index (χ0v) is 22.2. The number of anilines is 1. The molecule has 1 aliphatic rings. The van der Waals surface area contributed by atoms with Gasteiger partial charge in [-0.15, -0.1) is 5.10 Å². The van der Waals surface area contributed by atoms with E-state index in [2.05, 4.69) is 24.9 Å². The van der Waals surface area contributed by atoms with Gasteiger partial charge in [-0.3, -0.25) is 5.10 Å². The van der Waals surface area contributed by atoms with E-state index in [1.165, 1.54) is 12.1 Å². The first-order valence-electron chi connectivity index (χ1n) is 12.8. The van der Waals surface area contributed by atoms with Crippen LogP contribution < -0.4 is 14.4 Å². The highest BCUT2D eigenvalue weighted by atomic mass is 32.2. The zero-order valence-electron chi connectivity index (χ0n) is 21.4. The maximum Gasteiger partial charge on any atom is 0.240 e. The molecule has 5 aromatic rings. The Balaban J connectivity index is 1.17. The standard InChI is InChI=1S/C27H29N7O4S/c1-2-38-20-14-22(25-23-16-29-31-26(23)32-34(25)17-20)19-8-9-24(28-15-19)33-12-10-27(35,11-13-33)18-30-39(36,37)21-6-4-3-5-7-21/h3-9,14-17,30,35H,2,10-13,18H2,1H3,(H,31,32). The van der Waals surface area contributed by atoms with E-state index in [0.29, 0.717) is 43.9 Å². The number of pyridine rings is 2. The van der Waals surface area contributed by atoms with Crippen LogP contribution in [0, 0.1) is 0 Å². The maximum absolute atomic E-state index is 12.6. The van der Waals surface area contributed by atoms with Gasteiger partial charge in [0.25, 0.3) is 0 Å². The van der Waals surface area contributed by atoms with Crippen molar-refractivity contribution >= 4 is 32.4 Å². The van der Waals surface area contributed by atoms with Crippen LogP contribution in [0.4, 0.5) is 5.82 Å². The van der Waals surface area contributed by atoms with Gasteiger partial charge in [-0.2, -0.15) is 5.10 Å². The third kappa shape index (κ3) is 4.93. The third-order valence-corrected chi connectivity index (χ3v) is 8.55. The van der Waals surface area contributed by atoms with Gasteiger partial charge in [-0.1, -0.05) is 18.2 Å². The molecule has 0 atom stereocenters. The van der Waals surface area contributed by atoms with Crippen LogP contribution in [0.15, 0.2) is 72.0 Å². The predicted octanol–water partition coefficient (Wildman–Crippen LogP) is 2.98. The van der Waals surface area contributed by atoms with E-state index >= 15 is 0 Å². The molecular weight excluding hydrogens is 518 g/mol. The average Bonchev–Trinajstić information content (AvgIpc) is 3.54. The van der Waals surface area contributed by atoms with E-state index < -0.39 is 15.6 Å². The highest BCUT2D eigenvalue weighted by Crippen LogP contribution is 2.34. The highest BCUT2D eigenvalue weighted by molar-refractivity contribution is 7.89. The molecule has 3 N–H and O–H groups in total. The molecule has 0 spiro atoms. The fourth-order valence-corrected chi connectivity index (χ4v) is 6.12.